The van der Waals surface area contributed by atoms with Crippen molar-refractivity contribution in [2.75, 3.05) is 66.0 Å². The van der Waals surface area contributed by atoms with Gasteiger partial charge in [-0.15, -0.1) is 0 Å². The molecule has 10 heteroatoms. The van der Waals surface area contributed by atoms with Crippen molar-refractivity contribution in [3.05, 3.63) is 30.3 Å². The van der Waals surface area contributed by atoms with Crippen LogP contribution in [0.3, 0.4) is 0 Å². The standard InChI is InChI=1S/C26H41N5O4S/c1-28-15-10-23(11-16-28)29-18-20-30(21-19-29)26(33)22-6-5-14-31(17-12-25(32)27-13-9-22)36(34,35)24-7-3-2-4-8-24/h2-4,7-8,22-23H,5-6,9-21H2,1H3,(H,27,32). The monoisotopic (exact) mass is 519 g/mol. The number of carbonyl (C=O) groups excluding carboxylic acids is 2. The van der Waals surface area contributed by atoms with Gasteiger partial charge in [-0.1, -0.05) is 18.2 Å². The molecule has 1 atom stereocenters. The molecule has 3 heterocycles. The van der Waals surface area contributed by atoms with E-state index in [4.69, 9.17) is 0 Å². The van der Waals surface area contributed by atoms with Crippen molar-refractivity contribution in [2.45, 2.75) is 49.5 Å². The van der Waals surface area contributed by atoms with Crippen LogP contribution in [-0.2, 0) is 19.6 Å². The third kappa shape index (κ3) is 6.85. The number of nitrogens with one attached hydrogen (secondary N) is 1. The van der Waals surface area contributed by atoms with Crippen LogP contribution in [0.2, 0.25) is 0 Å². The second-order valence-corrected chi connectivity index (χ2v) is 12.3. The van der Waals surface area contributed by atoms with Gasteiger partial charge >= 0.3 is 0 Å². The first-order valence-electron chi connectivity index (χ1n) is 13.4. The Morgan fingerprint density at radius 1 is 0.889 bits per heavy atom. The summed E-state index contributed by atoms with van der Waals surface area (Å²) in [4.78, 5) is 33.0. The first-order valence-corrected chi connectivity index (χ1v) is 14.8. The molecule has 3 aliphatic heterocycles. The lowest BCUT2D eigenvalue weighted by Crippen LogP contribution is -2.55. The molecule has 1 aromatic carbocycles. The number of piperazine rings is 1. The highest BCUT2D eigenvalue weighted by Gasteiger charge is 2.32. The summed E-state index contributed by atoms with van der Waals surface area (Å²) in [5.74, 6) is -0.244. The van der Waals surface area contributed by atoms with Gasteiger partial charge in [-0.05, 0) is 64.4 Å². The van der Waals surface area contributed by atoms with Crippen LogP contribution >= 0.6 is 0 Å². The number of hydrogen-bond donors (Lipinski definition) is 1. The number of carbonyl (C=O) groups is 2. The van der Waals surface area contributed by atoms with Crippen molar-refractivity contribution in [3.8, 4) is 0 Å². The molecule has 0 saturated carbocycles. The second-order valence-electron chi connectivity index (χ2n) is 10.3. The van der Waals surface area contributed by atoms with Gasteiger partial charge in [0.2, 0.25) is 21.8 Å². The van der Waals surface area contributed by atoms with Gasteiger partial charge < -0.3 is 15.1 Å². The van der Waals surface area contributed by atoms with Crippen molar-refractivity contribution in [3.63, 3.8) is 0 Å². The van der Waals surface area contributed by atoms with E-state index in [0.717, 1.165) is 39.3 Å². The maximum atomic E-state index is 13.5. The molecule has 9 nitrogen and oxygen atoms in total. The Hall–Kier alpha value is -2.01. The van der Waals surface area contributed by atoms with Crippen molar-refractivity contribution in [2.24, 2.45) is 5.92 Å². The van der Waals surface area contributed by atoms with Gasteiger partial charge in [0.1, 0.15) is 0 Å². The molecule has 0 radical (unpaired) electrons. The van der Waals surface area contributed by atoms with Crippen LogP contribution in [0.15, 0.2) is 35.2 Å². The van der Waals surface area contributed by atoms with Crippen LogP contribution in [0.25, 0.3) is 0 Å². The number of nitrogens with zero attached hydrogens (tertiary/aromatic N) is 4. The minimum atomic E-state index is -3.69. The van der Waals surface area contributed by atoms with Crippen LogP contribution in [-0.4, -0.2) is 111 Å². The zero-order chi connectivity index (χ0) is 25.5. The molecule has 200 valence electrons. The summed E-state index contributed by atoms with van der Waals surface area (Å²) in [6, 6.07) is 8.96. The van der Waals surface area contributed by atoms with Crippen molar-refractivity contribution >= 4 is 21.8 Å². The van der Waals surface area contributed by atoms with E-state index < -0.39 is 10.0 Å². The van der Waals surface area contributed by atoms with E-state index in [1.165, 1.54) is 17.1 Å². The Morgan fingerprint density at radius 2 is 1.58 bits per heavy atom. The Balaban J connectivity index is 1.35. The predicted octanol–water partition coefficient (Wildman–Crippen LogP) is 1.22. The normalized spacial score (nSPS) is 25.2. The Kier molecular flexibility index (Phi) is 9.38. The number of piperidine rings is 1. The van der Waals surface area contributed by atoms with E-state index in [-0.39, 0.29) is 35.6 Å². The van der Waals surface area contributed by atoms with Crippen LogP contribution in [0.4, 0.5) is 0 Å². The summed E-state index contributed by atoms with van der Waals surface area (Å²) in [7, 11) is -1.52. The molecule has 0 bridgehead atoms. The molecular weight excluding hydrogens is 478 g/mol. The summed E-state index contributed by atoms with van der Waals surface area (Å²) in [6.07, 6.45) is 4.29. The Bertz CT molecular complexity index is 973. The van der Waals surface area contributed by atoms with E-state index in [0.29, 0.717) is 38.4 Å². The molecule has 3 aliphatic rings. The topological polar surface area (TPSA) is 93.3 Å². The fraction of sp³-hybridized carbons (Fsp3) is 0.692. The zero-order valence-electron chi connectivity index (χ0n) is 21.5. The van der Waals surface area contributed by atoms with Crippen LogP contribution in [0.5, 0.6) is 0 Å². The molecule has 0 spiro atoms. The molecule has 3 fully saturated rings. The fourth-order valence-corrected chi connectivity index (χ4v) is 7.13. The van der Waals surface area contributed by atoms with E-state index in [2.05, 4.69) is 22.2 Å². The minimum Gasteiger partial charge on any atom is -0.356 e. The van der Waals surface area contributed by atoms with E-state index in [9.17, 15) is 18.0 Å². The molecule has 3 saturated heterocycles. The van der Waals surface area contributed by atoms with Crippen molar-refractivity contribution < 1.29 is 18.0 Å². The maximum absolute atomic E-state index is 13.5. The lowest BCUT2D eigenvalue weighted by molar-refractivity contribution is -0.138. The second kappa shape index (κ2) is 12.5. The Morgan fingerprint density at radius 3 is 2.28 bits per heavy atom. The lowest BCUT2D eigenvalue weighted by atomic mass is 9.96. The number of sulfonamides is 1. The predicted molar refractivity (Wildman–Crippen MR) is 139 cm³/mol. The quantitative estimate of drug-likeness (QED) is 0.643. The molecule has 2 amide bonds. The van der Waals surface area contributed by atoms with Gasteiger partial charge in [-0.3, -0.25) is 14.5 Å². The van der Waals surface area contributed by atoms with Crippen molar-refractivity contribution in [1.29, 1.82) is 0 Å². The minimum absolute atomic E-state index is 0.115. The van der Waals surface area contributed by atoms with Gasteiger partial charge in [-0.25, -0.2) is 8.42 Å². The summed E-state index contributed by atoms with van der Waals surface area (Å²) >= 11 is 0. The third-order valence-electron chi connectivity index (χ3n) is 7.92. The van der Waals surface area contributed by atoms with Crippen LogP contribution in [0.1, 0.15) is 38.5 Å². The molecule has 1 N–H and O–H groups in total. The summed E-state index contributed by atoms with van der Waals surface area (Å²) in [5, 5.41) is 2.89. The van der Waals surface area contributed by atoms with Gasteiger partial charge in [-0.2, -0.15) is 4.31 Å². The lowest BCUT2D eigenvalue weighted by Gasteiger charge is -2.42. The van der Waals surface area contributed by atoms with Gasteiger partial charge in [0, 0.05) is 64.2 Å². The number of benzene rings is 1. The van der Waals surface area contributed by atoms with E-state index in [1.807, 2.05) is 4.90 Å². The zero-order valence-corrected chi connectivity index (χ0v) is 22.3. The highest BCUT2D eigenvalue weighted by Crippen LogP contribution is 2.22. The molecule has 1 unspecified atom stereocenters. The fourth-order valence-electron chi connectivity index (χ4n) is 5.63. The Labute approximate surface area is 215 Å². The molecule has 0 aromatic heterocycles. The smallest absolute Gasteiger partial charge is 0.243 e. The molecular formula is C26H41N5O4S. The maximum Gasteiger partial charge on any atom is 0.243 e. The van der Waals surface area contributed by atoms with Crippen LogP contribution in [0, 0.1) is 5.92 Å². The van der Waals surface area contributed by atoms with E-state index in [1.54, 1.807) is 30.3 Å². The molecule has 1 aromatic rings. The first kappa shape index (κ1) is 27.0. The number of rotatable bonds is 4. The van der Waals surface area contributed by atoms with E-state index >= 15 is 0 Å². The molecule has 0 aliphatic carbocycles. The number of amides is 2. The first-order chi connectivity index (χ1) is 17.3. The average Bonchev–Trinajstić information content (AvgIpc) is 2.94. The van der Waals surface area contributed by atoms with Gasteiger partial charge in [0.05, 0.1) is 4.90 Å². The summed E-state index contributed by atoms with van der Waals surface area (Å²) < 4.78 is 27.8. The molecule has 36 heavy (non-hydrogen) atoms. The highest BCUT2D eigenvalue weighted by molar-refractivity contribution is 7.89. The number of likely N-dealkylation sites (tertiary alicyclic amines) is 1. The molecule has 4 rings (SSSR count). The highest BCUT2D eigenvalue weighted by atomic mass is 32.2. The number of hydrogen-bond acceptors (Lipinski definition) is 6. The van der Waals surface area contributed by atoms with Crippen LogP contribution < -0.4 is 5.32 Å². The summed E-state index contributed by atoms with van der Waals surface area (Å²) in [5.41, 5.74) is 0. The SMILES string of the molecule is CN1CCC(N2CCN(C(=O)C3CCCN(S(=O)(=O)c4ccccc4)CCC(=O)NCC3)CC2)CC1. The van der Waals surface area contributed by atoms with Gasteiger partial charge in [0.15, 0.2) is 0 Å². The summed E-state index contributed by atoms with van der Waals surface area (Å²) in [6.45, 7) is 6.45. The van der Waals surface area contributed by atoms with Gasteiger partial charge in [0.25, 0.3) is 0 Å². The van der Waals surface area contributed by atoms with Crippen molar-refractivity contribution in [1.82, 2.24) is 24.3 Å². The third-order valence-corrected chi connectivity index (χ3v) is 9.84. The largest absolute Gasteiger partial charge is 0.356 e. The average molecular weight is 520 g/mol.